The smallest absolute Gasteiger partial charge is 0.272 e. The minimum atomic E-state index is -0.229. The fraction of sp³-hybridized carbons (Fsp3) is 0. The van der Waals surface area contributed by atoms with E-state index >= 15 is 0 Å². The first-order valence-corrected chi connectivity index (χ1v) is 6.22. The molecule has 0 aromatic heterocycles. The molecule has 0 radical (unpaired) electrons. The van der Waals surface area contributed by atoms with Gasteiger partial charge in [0.25, 0.3) is 11.5 Å². The van der Waals surface area contributed by atoms with Crippen LogP contribution in [0.15, 0.2) is 53.0 Å². The monoisotopic (exact) mass is 301 g/mol. The zero-order chi connectivity index (χ0) is 12.7. The summed E-state index contributed by atoms with van der Waals surface area (Å²) in [4.78, 5) is 12.3. The average Bonchev–Trinajstić information content (AvgIpc) is 2.64. The molecule has 0 spiro atoms. The van der Waals surface area contributed by atoms with Crippen LogP contribution < -0.4 is 0 Å². The van der Waals surface area contributed by atoms with Crippen LogP contribution in [0.3, 0.4) is 0 Å². The molecule has 0 aliphatic carbocycles. The number of hydrogen-bond donors (Lipinski definition) is 0. The van der Waals surface area contributed by atoms with E-state index in [0.717, 1.165) is 0 Å². The van der Waals surface area contributed by atoms with Gasteiger partial charge in [0.2, 0.25) is 5.69 Å². The van der Waals surface area contributed by atoms with E-state index in [1.54, 1.807) is 30.3 Å². The number of carbonyl (C=O) groups excluding carboxylic acids is 1. The third kappa shape index (κ3) is 1.49. The summed E-state index contributed by atoms with van der Waals surface area (Å²) in [5.74, 6) is -0.229. The summed E-state index contributed by atoms with van der Waals surface area (Å²) in [6, 6.07) is 14.2. The lowest BCUT2D eigenvalue weighted by Gasteiger charge is -2.02. The zero-order valence-corrected chi connectivity index (χ0v) is 10.8. The summed E-state index contributed by atoms with van der Waals surface area (Å²) in [6.07, 6.45) is 0. The number of fused-ring (bicyclic) bond motifs is 1. The first-order valence-electron chi connectivity index (χ1n) is 5.43. The topological polar surface area (TPSA) is 43.1 Å². The number of rotatable bonds is 1. The SMILES string of the molecule is O=C1C(c2ccccc2)=[N+]([O-])c2c(Br)cccc21. The van der Waals surface area contributed by atoms with E-state index in [-0.39, 0.29) is 11.5 Å². The number of carbonyl (C=O) groups is 1. The van der Waals surface area contributed by atoms with Gasteiger partial charge in [0.1, 0.15) is 5.56 Å². The molecule has 1 aliphatic rings. The Hall–Kier alpha value is -1.94. The van der Waals surface area contributed by atoms with Crippen molar-refractivity contribution in [3.63, 3.8) is 0 Å². The van der Waals surface area contributed by atoms with Gasteiger partial charge in [-0.15, -0.1) is 0 Å². The summed E-state index contributed by atoms with van der Waals surface area (Å²) in [7, 11) is 0. The van der Waals surface area contributed by atoms with Crippen LogP contribution in [0, 0.1) is 5.21 Å². The summed E-state index contributed by atoms with van der Waals surface area (Å²) < 4.78 is 1.34. The van der Waals surface area contributed by atoms with E-state index in [1.165, 1.54) is 0 Å². The van der Waals surface area contributed by atoms with Crippen molar-refractivity contribution < 1.29 is 9.53 Å². The van der Waals surface area contributed by atoms with E-state index < -0.39 is 0 Å². The van der Waals surface area contributed by atoms with E-state index in [4.69, 9.17) is 0 Å². The largest absolute Gasteiger partial charge is 0.618 e. The Morgan fingerprint density at radius 2 is 1.72 bits per heavy atom. The maximum absolute atomic E-state index is 12.3. The molecule has 3 rings (SSSR count). The van der Waals surface area contributed by atoms with Gasteiger partial charge in [0, 0.05) is 0 Å². The van der Waals surface area contributed by atoms with Crippen LogP contribution >= 0.6 is 15.9 Å². The van der Waals surface area contributed by atoms with Gasteiger partial charge in [0.15, 0.2) is 0 Å². The van der Waals surface area contributed by atoms with Crippen LogP contribution in [-0.4, -0.2) is 16.2 Å². The number of halogens is 1. The van der Waals surface area contributed by atoms with Crippen molar-refractivity contribution in [1.82, 2.24) is 0 Å². The van der Waals surface area contributed by atoms with Crippen molar-refractivity contribution in [2.24, 2.45) is 0 Å². The maximum atomic E-state index is 12.3. The average molecular weight is 302 g/mol. The molecule has 0 fully saturated rings. The molecule has 1 heterocycles. The Labute approximate surface area is 112 Å². The zero-order valence-electron chi connectivity index (χ0n) is 9.26. The highest BCUT2D eigenvalue weighted by molar-refractivity contribution is 9.10. The van der Waals surface area contributed by atoms with Crippen molar-refractivity contribution >= 4 is 33.1 Å². The fourth-order valence-corrected chi connectivity index (χ4v) is 2.61. The third-order valence-electron chi connectivity index (χ3n) is 2.90. The number of para-hydroxylation sites is 1. The van der Waals surface area contributed by atoms with Gasteiger partial charge >= 0.3 is 0 Å². The lowest BCUT2D eigenvalue weighted by Crippen LogP contribution is -2.16. The molecule has 4 heteroatoms. The van der Waals surface area contributed by atoms with Crippen LogP contribution in [0.2, 0.25) is 0 Å². The molecular weight excluding hydrogens is 294 g/mol. The Morgan fingerprint density at radius 3 is 2.39 bits per heavy atom. The quantitative estimate of drug-likeness (QED) is 0.599. The Kier molecular flexibility index (Phi) is 2.52. The molecule has 2 aromatic carbocycles. The highest BCUT2D eigenvalue weighted by Crippen LogP contribution is 2.34. The van der Waals surface area contributed by atoms with E-state index in [0.29, 0.717) is 26.0 Å². The molecule has 0 bridgehead atoms. The number of Topliss-reactive ketones (excluding diaryl/α,β-unsaturated/α-hetero) is 1. The number of ketones is 1. The number of hydrogen-bond acceptors (Lipinski definition) is 2. The minimum Gasteiger partial charge on any atom is -0.618 e. The molecule has 1 aliphatic heterocycles. The Balaban J connectivity index is 2.26. The van der Waals surface area contributed by atoms with Gasteiger partial charge in [0.05, 0.1) is 10.0 Å². The molecule has 0 atom stereocenters. The van der Waals surface area contributed by atoms with Gasteiger partial charge in [-0.1, -0.05) is 24.3 Å². The molecule has 0 amide bonds. The predicted octanol–water partition coefficient (Wildman–Crippen LogP) is 3.28. The molecule has 2 aromatic rings. The third-order valence-corrected chi connectivity index (χ3v) is 3.54. The number of nitrogens with zero attached hydrogens (tertiary/aromatic N) is 1. The van der Waals surface area contributed by atoms with E-state index in [9.17, 15) is 10.0 Å². The van der Waals surface area contributed by atoms with Crippen LogP contribution in [0.4, 0.5) is 5.69 Å². The van der Waals surface area contributed by atoms with Gasteiger partial charge in [-0.3, -0.25) is 4.79 Å². The number of benzene rings is 2. The molecule has 88 valence electrons. The van der Waals surface area contributed by atoms with Gasteiger partial charge in [-0.2, -0.15) is 4.74 Å². The molecule has 0 unspecified atom stereocenters. The summed E-state index contributed by atoms with van der Waals surface area (Å²) in [5, 5.41) is 12.3. The molecule has 3 nitrogen and oxygen atoms in total. The van der Waals surface area contributed by atoms with Crippen LogP contribution in [0.1, 0.15) is 15.9 Å². The highest BCUT2D eigenvalue weighted by atomic mass is 79.9. The van der Waals surface area contributed by atoms with Crippen molar-refractivity contribution in [1.29, 1.82) is 0 Å². The van der Waals surface area contributed by atoms with Crippen molar-refractivity contribution in [2.45, 2.75) is 0 Å². The van der Waals surface area contributed by atoms with Crippen molar-refractivity contribution in [3.05, 3.63) is 69.3 Å². The Morgan fingerprint density at radius 1 is 1.00 bits per heavy atom. The standard InChI is InChI=1S/C14H8BrNO2/c15-11-8-4-7-10-13(11)16(18)12(14(10)17)9-5-2-1-3-6-9/h1-8H. The second kappa shape index (κ2) is 4.07. The minimum absolute atomic E-state index is 0.178. The van der Waals surface area contributed by atoms with Gasteiger partial charge in [-0.05, 0) is 40.2 Å². The van der Waals surface area contributed by atoms with Gasteiger partial charge < -0.3 is 5.21 Å². The van der Waals surface area contributed by atoms with Crippen LogP contribution in [0.5, 0.6) is 0 Å². The lowest BCUT2D eigenvalue weighted by atomic mass is 10.0. The van der Waals surface area contributed by atoms with Crippen molar-refractivity contribution in [3.8, 4) is 0 Å². The summed E-state index contributed by atoms with van der Waals surface area (Å²) in [6.45, 7) is 0. The van der Waals surface area contributed by atoms with Crippen LogP contribution in [0.25, 0.3) is 0 Å². The first kappa shape index (κ1) is 11.2. The molecule has 0 saturated heterocycles. The van der Waals surface area contributed by atoms with Crippen LogP contribution in [-0.2, 0) is 0 Å². The molecule has 0 N–H and O–H groups in total. The summed E-state index contributed by atoms with van der Waals surface area (Å²) >= 11 is 3.31. The van der Waals surface area contributed by atoms with E-state index in [1.807, 2.05) is 18.2 Å². The normalized spacial score (nSPS) is 13.9. The second-order valence-electron chi connectivity index (χ2n) is 3.97. The lowest BCUT2D eigenvalue weighted by molar-refractivity contribution is -0.356. The summed E-state index contributed by atoms with van der Waals surface area (Å²) in [5.41, 5.74) is 1.65. The Bertz CT molecular complexity index is 677. The molecular formula is C14H8BrNO2. The first-order chi connectivity index (χ1) is 8.70. The molecule has 18 heavy (non-hydrogen) atoms. The highest BCUT2D eigenvalue weighted by Gasteiger charge is 2.37. The second-order valence-corrected chi connectivity index (χ2v) is 4.83. The fourth-order valence-electron chi connectivity index (χ4n) is 2.08. The van der Waals surface area contributed by atoms with Gasteiger partial charge in [-0.25, -0.2) is 0 Å². The molecule has 0 saturated carbocycles. The predicted molar refractivity (Wildman–Crippen MR) is 72.3 cm³/mol. The van der Waals surface area contributed by atoms with Crippen molar-refractivity contribution in [2.75, 3.05) is 0 Å². The maximum Gasteiger partial charge on any atom is 0.272 e. The van der Waals surface area contributed by atoms with E-state index in [2.05, 4.69) is 15.9 Å².